The second-order valence-corrected chi connectivity index (χ2v) is 2.95. The summed E-state index contributed by atoms with van der Waals surface area (Å²) in [7, 11) is 0. The fourth-order valence-corrected chi connectivity index (χ4v) is 1.24. The smallest absolute Gasteiger partial charge is 0.174 e. The van der Waals surface area contributed by atoms with Crippen molar-refractivity contribution in [2.75, 3.05) is 19.8 Å². The first-order chi connectivity index (χ1) is 7.80. The van der Waals surface area contributed by atoms with Crippen molar-refractivity contribution in [3.63, 3.8) is 0 Å². The molecule has 0 saturated heterocycles. The predicted molar refractivity (Wildman–Crippen MR) is 59.9 cm³/mol. The molecule has 0 unspecified atom stereocenters. The van der Waals surface area contributed by atoms with Crippen LogP contribution in [0.5, 0.6) is 17.2 Å². The summed E-state index contributed by atoms with van der Waals surface area (Å²) in [6.45, 7) is 4.98. The summed E-state index contributed by atoms with van der Waals surface area (Å²) in [4.78, 5) is 0. The van der Waals surface area contributed by atoms with E-state index in [1.54, 1.807) is 18.2 Å². The zero-order valence-corrected chi connectivity index (χ0v) is 9.53. The molecule has 0 aliphatic rings. The molecular formula is C12H15NO3. The molecule has 0 heterocycles. The van der Waals surface area contributed by atoms with Crippen molar-refractivity contribution < 1.29 is 14.2 Å². The minimum absolute atomic E-state index is 0.0150. The fourth-order valence-electron chi connectivity index (χ4n) is 1.24. The molecule has 1 aromatic carbocycles. The van der Waals surface area contributed by atoms with Crippen LogP contribution in [0.4, 0.5) is 0 Å². The Hall–Kier alpha value is -1.89. The van der Waals surface area contributed by atoms with Crippen LogP contribution in [0.1, 0.15) is 13.8 Å². The summed E-state index contributed by atoms with van der Waals surface area (Å²) in [5.74, 6) is 1.94. The van der Waals surface area contributed by atoms with Gasteiger partial charge in [0.25, 0.3) is 0 Å². The van der Waals surface area contributed by atoms with E-state index in [4.69, 9.17) is 19.5 Å². The standard InChI is InChI=1S/C12H15NO3/c1-3-14-10-7-11(15-4-2)9-12(8-10)16-6-5-13/h7-9H,3-4,6H2,1-2H3. The Kier molecular flexibility index (Phi) is 5.00. The Morgan fingerprint density at radius 1 is 0.938 bits per heavy atom. The first-order valence-electron chi connectivity index (χ1n) is 5.20. The van der Waals surface area contributed by atoms with Crippen LogP contribution < -0.4 is 14.2 Å². The van der Waals surface area contributed by atoms with Gasteiger partial charge in [0.2, 0.25) is 0 Å². The van der Waals surface area contributed by atoms with E-state index in [-0.39, 0.29) is 6.61 Å². The molecule has 0 fully saturated rings. The van der Waals surface area contributed by atoms with Crippen LogP contribution in [-0.2, 0) is 0 Å². The van der Waals surface area contributed by atoms with E-state index in [9.17, 15) is 0 Å². The van der Waals surface area contributed by atoms with Crippen LogP contribution in [0.15, 0.2) is 18.2 Å². The Labute approximate surface area is 95.4 Å². The maximum atomic E-state index is 8.44. The van der Waals surface area contributed by atoms with Gasteiger partial charge in [-0.2, -0.15) is 5.26 Å². The molecule has 4 heteroatoms. The van der Waals surface area contributed by atoms with Crippen molar-refractivity contribution in [2.24, 2.45) is 0 Å². The zero-order chi connectivity index (χ0) is 11.8. The van der Waals surface area contributed by atoms with E-state index >= 15 is 0 Å². The van der Waals surface area contributed by atoms with Gasteiger partial charge in [-0.3, -0.25) is 0 Å². The predicted octanol–water partition coefficient (Wildman–Crippen LogP) is 2.39. The molecule has 0 saturated carbocycles. The van der Waals surface area contributed by atoms with E-state index < -0.39 is 0 Å². The lowest BCUT2D eigenvalue weighted by Crippen LogP contribution is -1.98. The number of hydrogen-bond acceptors (Lipinski definition) is 4. The van der Waals surface area contributed by atoms with E-state index in [1.807, 2.05) is 19.9 Å². The van der Waals surface area contributed by atoms with Gasteiger partial charge < -0.3 is 14.2 Å². The largest absolute Gasteiger partial charge is 0.494 e. The molecule has 86 valence electrons. The van der Waals surface area contributed by atoms with Crippen molar-refractivity contribution >= 4 is 0 Å². The lowest BCUT2D eigenvalue weighted by molar-refractivity contribution is 0.313. The van der Waals surface area contributed by atoms with Gasteiger partial charge in [-0.1, -0.05) is 0 Å². The van der Waals surface area contributed by atoms with E-state index in [1.165, 1.54) is 0 Å². The fraction of sp³-hybridized carbons (Fsp3) is 0.417. The lowest BCUT2D eigenvalue weighted by atomic mass is 10.3. The molecule has 16 heavy (non-hydrogen) atoms. The maximum absolute atomic E-state index is 8.44. The first-order valence-corrected chi connectivity index (χ1v) is 5.20. The van der Waals surface area contributed by atoms with E-state index in [0.29, 0.717) is 30.5 Å². The third-order valence-corrected chi connectivity index (χ3v) is 1.78. The monoisotopic (exact) mass is 221 g/mol. The number of nitrogens with zero attached hydrogens (tertiary/aromatic N) is 1. The maximum Gasteiger partial charge on any atom is 0.174 e. The average Bonchev–Trinajstić information content (AvgIpc) is 2.27. The summed E-state index contributed by atoms with van der Waals surface area (Å²) in [5.41, 5.74) is 0. The van der Waals surface area contributed by atoms with Crippen LogP contribution in [-0.4, -0.2) is 19.8 Å². The van der Waals surface area contributed by atoms with Gasteiger partial charge in [0, 0.05) is 18.2 Å². The molecule has 0 aliphatic carbocycles. The number of hydrogen-bond donors (Lipinski definition) is 0. The molecule has 0 atom stereocenters. The minimum Gasteiger partial charge on any atom is -0.494 e. The van der Waals surface area contributed by atoms with Crippen molar-refractivity contribution in [3.05, 3.63) is 18.2 Å². The second-order valence-electron chi connectivity index (χ2n) is 2.95. The number of nitriles is 1. The third-order valence-electron chi connectivity index (χ3n) is 1.78. The van der Waals surface area contributed by atoms with Crippen molar-refractivity contribution in [1.29, 1.82) is 5.26 Å². The lowest BCUT2D eigenvalue weighted by Gasteiger charge is -2.10. The number of benzene rings is 1. The molecule has 1 rings (SSSR count). The highest BCUT2D eigenvalue weighted by atomic mass is 16.5. The van der Waals surface area contributed by atoms with Crippen LogP contribution in [0.2, 0.25) is 0 Å². The highest BCUT2D eigenvalue weighted by Crippen LogP contribution is 2.27. The van der Waals surface area contributed by atoms with E-state index in [0.717, 1.165) is 0 Å². The number of rotatable bonds is 6. The van der Waals surface area contributed by atoms with Gasteiger partial charge in [-0.15, -0.1) is 0 Å². The summed E-state index contributed by atoms with van der Waals surface area (Å²) in [5, 5.41) is 8.44. The minimum atomic E-state index is 0.0150. The van der Waals surface area contributed by atoms with Gasteiger partial charge in [0.1, 0.15) is 23.3 Å². The summed E-state index contributed by atoms with van der Waals surface area (Å²) < 4.78 is 15.9. The molecule has 4 nitrogen and oxygen atoms in total. The average molecular weight is 221 g/mol. The molecule has 0 radical (unpaired) electrons. The van der Waals surface area contributed by atoms with Crippen molar-refractivity contribution in [1.82, 2.24) is 0 Å². The third kappa shape index (κ3) is 3.70. The quantitative estimate of drug-likeness (QED) is 0.740. The van der Waals surface area contributed by atoms with Gasteiger partial charge in [0.15, 0.2) is 6.61 Å². The van der Waals surface area contributed by atoms with Crippen molar-refractivity contribution in [2.45, 2.75) is 13.8 Å². The topological polar surface area (TPSA) is 51.5 Å². The van der Waals surface area contributed by atoms with Crippen LogP contribution >= 0.6 is 0 Å². The zero-order valence-electron chi connectivity index (χ0n) is 9.53. The highest BCUT2D eigenvalue weighted by molar-refractivity contribution is 5.42. The molecule has 0 spiro atoms. The second kappa shape index (κ2) is 6.57. The molecular weight excluding hydrogens is 206 g/mol. The van der Waals surface area contributed by atoms with Crippen LogP contribution in [0, 0.1) is 11.3 Å². The molecule has 0 aromatic heterocycles. The Bertz CT molecular complexity index is 347. The Balaban J connectivity index is 2.85. The number of ether oxygens (including phenoxy) is 3. The first kappa shape index (κ1) is 12.2. The van der Waals surface area contributed by atoms with Crippen LogP contribution in [0.3, 0.4) is 0 Å². The van der Waals surface area contributed by atoms with E-state index in [2.05, 4.69) is 0 Å². The summed E-state index contributed by atoms with van der Waals surface area (Å²) in [6.07, 6.45) is 0. The van der Waals surface area contributed by atoms with Gasteiger partial charge in [0.05, 0.1) is 13.2 Å². The van der Waals surface area contributed by atoms with Gasteiger partial charge in [-0.25, -0.2) is 0 Å². The van der Waals surface area contributed by atoms with Crippen LogP contribution in [0.25, 0.3) is 0 Å². The molecule has 1 aromatic rings. The van der Waals surface area contributed by atoms with Crippen molar-refractivity contribution in [3.8, 4) is 23.3 Å². The summed E-state index contributed by atoms with van der Waals surface area (Å²) in [6, 6.07) is 7.19. The SMILES string of the molecule is CCOc1cc(OCC)cc(OCC#N)c1. The molecule has 0 aliphatic heterocycles. The normalized spacial score (nSPS) is 9.31. The van der Waals surface area contributed by atoms with Gasteiger partial charge in [-0.05, 0) is 13.8 Å². The van der Waals surface area contributed by atoms with Gasteiger partial charge >= 0.3 is 0 Å². The Morgan fingerprint density at radius 3 is 1.75 bits per heavy atom. The summed E-state index contributed by atoms with van der Waals surface area (Å²) >= 11 is 0. The highest BCUT2D eigenvalue weighted by Gasteiger charge is 2.03. The molecule has 0 N–H and O–H groups in total. The molecule has 0 amide bonds. The molecule has 0 bridgehead atoms. The Morgan fingerprint density at radius 2 is 1.38 bits per heavy atom.